The molecule has 0 aliphatic heterocycles. The number of aliphatic hydroxyl groups is 1. The number of anilines is 4. The summed E-state index contributed by atoms with van der Waals surface area (Å²) >= 11 is 0. The lowest BCUT2D eigenvalue weighted by atomic mass is 10.0. The van der Waals surface area contributed by atoms with Gasteiger partial charge in [0.05, 0.1) is 24.4 Å². The van der Waals surface area contributed by atoms with Crippen molar-refractivity contribution in [2.45, 2.75) is 32.4 Å². The van der Waals surface area contributed by atoms with Gasteiger partial charge in [0.15, 0.2) is 0 Å². The first-order chi connectivity index (χ1) is 15.2. The second kappa shape index (κ2) is 9.61. The fourth-order valence-corrected chi connectivity index (χ4v) is 2.71. The molecular weight excluding hydrogens is 413 g/mol. The summed E-state index contributed by atoms with van der Waals surface area (Å²) in [5.74, 6) is 0.791. The highest BCUT2D eigenvalue weighted by atomic mass is 19.1. The first kappa shape index (κ1) is 23.0. The summed E-state index contributed by atoms with van der Waals surface area (Å²) in [6, 6.07) is 13.1. The highest BCUT2D eigenvalue weighted by Gasteiger charge is 2.24. The third kappa shape index (κ3) is 5.70. The number of methoxy groups -OCH3 is 1. The van der Waals surface area contributed by atoms with E-state index in [0.29, 0.717) is 22.9 Å². The number of nitrogens with one attached hydrogen (secondary N) is 2. The van der Waals surface area contributed by atoms with Crippen LogP contribution in [0.1, 0.15) is 20.8 Å². The minimum atomic E-state index is -1.00. The number of ether oxygens (including phenoxy) is 1. The Morgan fingerprint density at radius 3 is 2.38 bits per heavy atom. The largest absolute Gasteiger partial charge is 0.497 e. The maximum atomic E-state index is 13.2. The molecule has 0 fully saturated rings. The molecule has 0 saturated carbocycles. The maximum absolute atomic E-state index is 13.2. The summed E-state index contributed by atoms with van der Waals surface area (Å²) in [6.45, 7) is 5.15. The molecule has 2 aromatic carbocycles. The van der Waals surface area contributed by atoms with Crippen molar-refractivity contribution < 1.29 is 19.0 Å². The van der Waals surface area contributed by atoms with Gasteiger partial charge in [-0.2, -0.15) is 4.98 Å². The summed E-state index contributed by atoms with van der Waals surface area (Å²) in [7, 11) is 1.56. The number of hydrogen-bond acceptors (Lipinski definition) is 6. The number of amides is 2. The monoisotopic (exact) mass is 439 g/mol. The number of carbonyl (C=O) groups is 1. The lowest BCUT2D eigenvalue weighted by molar-refractivity contribution is 0.0646. The summed E-state index contributed by atoms with van der Waals surface area (Å²) < 4.78 is 18.4. The molecule has 1 heterocycles. The molecule has 1 aromatic heterocycles. The minimum Gasteiger partial charge on any atom is -0.497 e. The van der Waals surface area contributed by atoms with Gasteiger partial charge in [0.2, 0.25) is 5.95 Å². The van der Waals surface area contributed by atoms with Crippen molar-refractivity contribution in [3.63, 3.8) is 0 Å². The average Bonchev–Trinajstić information content (AvgIpc) is 2.76. The van der Waals surface area contributed by atoms with Gasteiger partial charge in [-0.3, -0.25) is 0 Å². The second-order valence-electron chi connectivity index (χ2n) is 7.73. The summed E-state index contributed by atoms with van der Waals surface area (Å²) in [5.41, 5.74) is -0.0433. The van der Waals surface area contributed by atoms with Gasteiger partial charge in [-0.15, -0.1) is 0 Å². The fourth-order valence-electron chi connectivity index (χ4n) is 2.71. The number of halogens is 1. The van der Waals surface area contributed by atoms with Crippen LogP contribution in [0.4, 0.5) is 32.3 Å². The normalized spacial score (nSPS) is 12.1. The van der Waals surface area contributed by atoms with Crippen LogP contribution in [0.15, 0.2) is 60.8 Å². The highest BCUT2D eigenvalue weighted by Crippen LogP contribution is 2.28. The first-order valence-electron chi connectivity index (χ1n) is 10.00. The number of benzene rings is 2. The van der Waals surface area contributed by atoms with Crippen LogP contribution in [-0.2, 0) is 0 Å². The number of rotatable bonds is 7. The minimum absolute atomic E-state index is 0.255. The molecule has 3 rings (SSSR count). The maximum Gasteiger partial charge on any atom is 0.332 e. The predicted molar refractivity (Wildman–Crippen MR) is 122 cm³/mol. The highest BCUT2D eigenvalue weighted by molar-refractivity contribution is 6.06. The Bertz CT molecular complexity index is 1050. The van der Waals surface area contributed by atoms with Crippen LogP contribution in [0.5, 0.6) is 5.75 Å². The molecule has 0 aliphatic carbocycles. The molecular formula is C23H26FN5O3. The molecule has 3 aromatic rings. The Morgan fingerprint density at radius 2 is 1.78 bits per heavy atom. The van der Waals surface area contributed by atoms with Gasteiger partial charge in [-0.05, 0) is 69.3 Å². The lowest BCUT2D eigenvalue weighted by Crippen LogP contribution is -2.40. The van der Waals surface area contributed by atoms with Gasteiger partial charge in [0.1, 0.15) is 17.4 Å². The zero-order chi connectivity index (χ0) is 23.3. The molecule has 32 heavy (non-hydrogen) atoms. The van der Waals surface area contributed by atoms with Crippen LogP contribution in [0.25, 0.3) is 0 Å². The van der Waals surface area contributed by atoms with Crippen LogP contribution >= 0.6 is 0 Å². The summed E-state index contributed by atoms with van der Waals surface area (Å²) in [4.78, 5) is 23.2. The molecule has 1 unspecified atom stereocenters. The molecule has 0 saturated heterocycles. The predicted octanol–water partition coefficient (Wildman–Crippen LogP) is 4.57. The van der Waals surface area contributed by atoms with E-state index in [4.69, 9.17) is 4.74 Å². The number of hydrogen-bond donors (Lipinski definition) is 3. The van der Waals surface area contributed by atoms with Crippen LogP contribution in [0, 0.1) is 5.82 Å². The zero-order valence-corrected chi connectivity index (χ0v) is 18.3. The Labute approximate surface area is 186 Å². The summed E-state index contributed by atoms with van der Waals surface area (Å²) in [6.07, 6.45) is 1.52. The molecule has 8 nitrogen and oxygen atoms in total. The fraction of sp³-hybridized carbons (Fsp3) is 0.261. The molecule has 168 valence electrons. The van der Waals surface area contributed by atoms with E-state index in [2.05, 4.69) is 20.6 Å². The third-order valence-corrected chi connectivity index (χ3v) is 4.90. The smallest absolute Gasteiger partial charge is 0.332 e. The molecule has 3 N–H and O–H groups in total. The average molecular weight is 439 g/mol. The van der Waals surface area contributed by atoms with E-state index in [0.717, 1.165) is 0 Å². The van der Waals surface area contributed by atoms with Crippen LogP contribution < -0.4 is 20.3 Å². The van der Waals surface area contributed by atoms with Gasteiger partial charge >= 0.3 is 6.03 Å². The van der Waals surface area contributed by atoms with Crippen molar-refractivity contribution in [1.82, 2.24) is 9.97 Å². The van der Waals surface area contributed by atoms with Gasteiger partial charge in [0, 0.05) is 18.0 Å². The second-order valence-corrected chi connectivity index (χ2v) is 7.73. The van der Waals surface area contributed by atoms with Crippen molar-refractivity contribution in [2.75, 3.05) is 22.6 Å². The number of urea groups is 1. The molecule has 0 radical (unpaired) electrons. The van der Waals surface area contributed by atoms with Gasteiger partial charge < -0.3 is 20.5 Å². The molecule has 2 amide bonds. The van der Waals surface area contributed by atoms with E-state index in [1.807, 2.05) is 0 Å². The van der Waals surface area contributed by atoms with Crippen molar-refractivity contribution in [3.8, 4) is 5.75 Å². The number of nitrogens with zero attached hydrogens (tertiary/aromatic N) is 3. The van der Waals surface area contributed by atoms with Crippen LogP contribution in [-0.4, -0.2) is 39.9 Å². The molecule has 0 spiro atoms. The third-order valence-electron chi connectivity index (χ3n) is 4.90. The Balaban J connectivity index is 1.95. The van der Waals surface area contributed by atoms with Crippen LogP contribution in [0.2, 0.25) is 0 Å². The standard InChI is InChI=1S/C23H26FN5O3/c1-15(23(2,3)31)26-21-25-14-13-20(28-21)29(18-9-11-19(32-4)12-10-18)22(30)27-17-7-5-16(24)6-8-17/h5-15,31H,1-4H3,(H,27,30)(H,25,26,28). The zero-order valence-electron chi connectivity index (χ0n) is 18.3. The van der Waals surface area contributed by atoms with E-state index in [9.17, 15) is 14.3 Å². The van der Waals surface area contributed by atoms with Gasteiger partial charge in [-0.25, -0.2) is 19.1 Å². The van der Waals surface area contributed by atoms with Crippen molar-refractivity contribution in [1.29, 1.82) is 0 Å². The Morgan fingerprint density at radius 1 is 1.12 bits per heavy atom. The first-order valence-corrected chi connectivity index (χ1v) is 10.00. The molecule has 9 heteroatoms. The summed E-state index contributed by atoms with van der Waals surface area (Å²) in [5, 5.41) is 16.0. The molecule has 1 atom stereocenters. The quantitative estimate of drug-likeness (QED) is 0.499. The van der Waals surface area contributed by atoms with Crippen LogP contribution in [0.3, 0.4) is 0 Å². The lowest BCUT2D eigenvalue weighted by Gasteiger charge is -2.27. The SMILES string of the molecule is COc1ccc(N(C(=O)Nc2ccc(F)cc2)c2ccnc(NC(C)C(C)(C)O)n2)cc1. The van der Waals surface area contributed by atoms with Crippen molar-refractivity contribution in [2.24, 2.45) is 0 Å². The van der Waals surface area contributed by atoms with E-state index in [1.54, 1.807) is 58.2 Å². The Hall–Kier alpha value is -3.72. The van der Waals surface area contributed by atoms with Crippen molar-refractivity contribution in [3.05, 3.63) is 66.6 Å². The van der Waals surface area contributed by atoms with E-state index >= 15 is 0 Å². The number of aromatic nitrogens is 2. The molecule has 0 bridgehead atoms. The van der Waals surface area contributed by atoms with E-state index in [-0.39, 0.29) is 12.0 Å². The van der Waals surface area contributed by atoms with E-state index in [1.165, 1.54) is 35.4 Å². The van der Waals surface area contributed by atoms with Gasteiger partial charge in [-0.1, -0.05) is 0 Å². The Kier molecular flexibility index (Phi) is 6.89. The topological polar surface area (TPSA) is 99.6 Å². The van der Waals surface area contributed by atoms with Crippen molar-refractivity contribution >= 4 is 29.2 Å². The van der Waals surface area contributed by atoms with E-state index < -0.39 is 17.4 Å². The van der Waals surface area contributed by atoms with Gasteiger partial charge in [0.25, 0.3) is 0 Å². The molecule has 0 aliphatic rings. The number of carbonyl (C=O) groups excluding carboxylic acids is 1.